The molecule has 17 heavy (non-hydrogen) atoms. The monoisotopic (exact) mass is 242 g/mol. The second-order valence-electron chi connectivity index (χ2n) is 3.38. The summed E-state index contributed by atoms with van der Waals surface area (Å²) in [5.41, 5.74) is 0.304. The summed E-state index contributed by atoms with van der Waals surface area (Å²) >= 11 is 0. The number of rotatable bonds is 6. The molecule has 5 nitrogen and oxygen atoms in total. The first kappa shape index (κ1) is 13.4. The van der Waals surface area contributed by atoms with Crippen LogP contribution in [-0.2, 0) is 9.53 Å². The zero-order chi connectivity index (χ0) is 12.7. The molecule has 94 valence electrons. The zero-order valence-electron chi connectivity index (χ0n) is 9.50. The van der Waals surface area contributed by atoms with Gasteiger partial charge in [-0.2, -0.15) is 0 Å². The van der Waals surface area contributed by atoms with E-state index in [1.165, 1.54) is 12.1 Å². The van der Waals surface area contributed by atoms with Crippen LogP contribution < -0.4 is 10.6 Å². The maximum absolute atomic E-state index is 12.9. The van der Waals surface area contributed by atoms with Crippen molar-refractivity contribution in [3.05, 3.63) is 24.0 Å². The minimum Gasteiger partial charge on any atom is -0.505 e. The number of nitrogens with one attached hydrogen (secondary N) is 2. The quantitative estimate of drug-likeness (QED) is 0.507. The molecule has 0 heterocycles. The molecule has 3 N–H and O–H groups in total. The Kier molecular flexibility index (Phi) is 5.38. The van der Waals surface area contributed by atoms with Crippen LogP contribution in [0.4, 0.5) is 10.1 Å². The fraction of sp³-hybridized carbons (Fsp3) is 0.364. The number of aromatic hydroxyl groups is 1. The number of benzene rings is 1. The zero-order valence-corrected chi connectivity index (χ0v) is 9.50. The van der Waals surface area contributed by atoms with Gasteiger partial charge < -0.3 is 20.5 Å². The van der Waals surface area contributed by atoms with Crippen molar-refractivity contribution in [2.45, 2.75) is 0 Å². The lowest BCUT2D eigenvalue weighted by atomic mass is 10.3. The molecule has 0 saturated heterocycles. The average molecular weight is 242 g/mol. The second-order valence-corrected chi connectivity index (χ2v) is 3.38. The van der Waals surface area contributed by atoms with E-state index >= 15 is 0 Å². The Morgan fingerprint density at radius 2 is 2.29 bits per heavy atom. The number of ether oxygens (including phenoxy) is 1. The van der Waals surface area contributed by atoms with Crippen LogP contribution in [0, 0.1) is 5.82 Å². The summed E-state index contributed by atoms with van der Waals surface area (Å²) in [5.74, 6) is -1.50. The summed E-state index contributed by atoms with van der Waals surface area (Å²) in [6, 6.07) is 3.66. The number of carbonyl (C=O) groups excluding carboxylic acids is 1. The van der Waals surface area contributed by atoms with Gasteiger partial charge in [0.25, 0.3) is 0 Å². The lowest BCUT2D eigenvalue weighted by Gasteiger charge is -2.06. The number of hydrogen-bond donors (Lipinski definition) is 3. The SMILES string of the molecule is COCCNCC(=O)Nc1ccc(O)c(F)c1. The van der Waals surface area contributed by atoms with Crippen molar-refractivity contribution in [3.8, 4) is 5.75 Å². The standard InChI is InChI=1S/C11H15FN2O3/c1-17-5-4-13-7-11(16)14-8-2-3-10(15)9(12)6-8/h2-3,6,13,15H,4-5,7H2,1H3,(H,14,16). The molecule has 0 bridgehead atoms. The highest BCUT2D eigenvalue weighted by molar-refractivity contribution is 5.92. The molecular weight excluding hydrogens is 227 g/mol. The largest absolute Gasteiger partial charge is 0.505 e. The Bertz CT molecular complexity index is 385. The van der Waals surface area contributed by atoms with Crippen LogP contribution in [0.15, 0.2) is 18.2 Å². The summed E-state index contributed by atoms with van der Waals surface area (Å²) in [4.78, 5) is 11.4. The van der Waals surface area contributed by atoms with Crippen LogP contribution in [-0.4, -0.2) is 37.8 Å². The number of phenols is 1. The summed E-state index contributed by atoms with van der Waals surface area (Å²) < 4.78 is 17.7. The predicted octanol–water partition coefficient (Wildman–Crippen LogP) is 0.706. The van der Waals surface area contributed by atoms with Crippen molar-refractivity contribution < 1.29 is 19.0 Å². The maximum atomic E-state index is 12.9. The topological polar surface area (TPSA) is 70.6 Å². The van der Waals surface area contributed by atoms with Gasteiger partial charge in [0.15, 0.2) is 11.6 Å². The van der Waals surface area contributed by atoms with Crippen molar-refractivity contribution in [1.82, 2.24) is 5.32 Å². The molecule has 1 rings (SSSR count). The predicted molar refractivity (Wildman–Crippen MR) is 61.4 cm³/mol. The number of halogens is 1. The molecule has 0 radical (unpaired) electrons. The highest BCUT2D eigenvalue weighted by atomic mass is 19.1. The molecule has 0 unspecified atom stereocenters. The first-order valence-corrected chi connectivity index (χ1v) is 5.11. The van der Waals surface area contributed by atoms with E-state index in [1.807, 2.05) is 0 Å². The van der Waals surface area contributed by atoms with E-state index < -0.39 is 11.6 Å². The molecule has 0 aliphatic carbocycles. The van der Waals surface area contributed by atoms with Crippen molar-refractivity contribution in [3.63, 3.8) is 0 Å². The van der Waals surface area contributed by atoms with Gasteiger partial charge in [-0.05, 0) is 12.1 Å². The van der Waals surface area contributed by atoms with E-state index in [1.54, 1.807) is 7.11 Å². The molecule has 0 aliphatic rings. The summed E-state index contributed by atoms with van der Waals surface area (Å²) in [5, 5.41) is 14.3. The van der Waals surface area contributed by atoms with Crippen molar-refractivity contribution in [2.24, 2.45) is 0 Å². The van der Waals surface area contributed by atoms with Gasteiger partial charge in [-0.1, -0.05) is 0 Å². The van der Waals surface area contributed by atoms with Crippen LogP contribution in [0.1, 0.15) is 0 Å². The van der Waals surface area contributed by atoms with E-state index in [-0.39, 0.29) is 12.5 Å². The molecule has 0 spiro atoms. The first-order chi connectivity index (χ1) is 8.13. The number of amides is 1. The minimum atomic E-state index is -0.768. The number of phenolic OH excluding ortho intramolecular Hbond substituents is 1. The second kappa shape index (κ2) is 6.82. The molecule has 0 aromatic heterocycles. The summed E-state index contributed by atoms with van der Waals surface area (Å²) in [7, 11) is 1.57. The number of carbonyl (C=O) groups is 1. The van der Waals surface area contributed by atoms with Crippen molar-refractivity contribution in [1.29, 1.82) is 0 Å². The Balaban J connectivity index is 2.37. The number of methoxy groups -OCH3 is 1. The van der Waals surface area contributed by atoms with E-state index in [2.05, 4.69) is 10.6 Å². The van der Waals surface area contributed by atoms with E-state index in [0.717, 1.165) is 6.07 Å². The van der Waals surface area contributed by atoms with Gasteiger partial charge in [-0.25, -0.2) is 4.39 Å². The van der Waals surface area contributed by atoms with Crippen LogP contribution >= 0.6 is 0 Å². The summed E-state index contributed by atoms with van der Waals surface area (Å²) in [6.07, 6.45) is 0. The molecule has 1 amide bonds. The molecule has 1 aromatic carbocycles. The van der Waals surface area contributed by atoms with Gasteiger partial charge in [-0.3, -0.25) is 4.79 Å². The first-order valence-electron chi connectivity index (χ1n) is 5.11. The van der Waals surface area contributed by atoms with Crippen LogP contribution in [0.25, 0.3) is 0 Å². The lowest BCUT2D eigenvalue weighted by molar-refractivity contribution is -0.115. The minimum absolute atomic E-state index is 0.117. The third-order valence-electron chi connectivity index (χ3n) is 2.00. The molecule has 0 saturated carbocycles. The third kappa shape index (κ3) is 4.80. The highest BCUT2D eigenvalue weighted by Gasteiger charge is 2.05. The summed E-state index contributed by atoms with van der Waals surface area (Å²) in [6.45, 7) is 1.20. The van der Waals surface area contributed by atoms with Gasteiger partial charge >= 0.3 is 0 Å². The van der Waals surface area contributed by atoms with Crippen LogP contribution in [0.2, 0.25) is 0 Å². The van der Waals surface area contributed by atoms with E-state index in [4.69, 9.17) is 9.84 Å². The smallest absolute Gasteiger partial charge is 0.238 e. The van der Waals surface area contributed by atoms with Crippen molar-refractivity contribution >= 4 is 11.6 Å². The highest BCUT2D eigenvalue weighted by Crippen LogP contribution is 2.18. The van der Waals surface area contributed by atoms with E-state index in [0.29, 0.717) is 18.8 Å². The van der Waals surface area contributed by atoms with Crippen molar-refractivity contribution in [2.75, 3.05) is 32.1 Å². The molecule has 6 heteroatoms. The van der Waals surface area contributed by atoms with Gasteiger partial charge in [0.2, 0.25) is 5.91 Å². The van der Waals surface area contributed by atoms with Crippen LogP contribution in [0.5, 0.6) is 5.75 Å². The number of hydrogen-bond acceptors (Lipinski definition) is 4. The number of anilines is 1. The van der Waals surface area contributed by atoms with Gasteiger partial charge in [-0.15, -0.1) is 0 Å². The average Bonchev–Trinajstić information content (AvgIpc) is 2.30. The Labute approximate surface area is 98.6 Å². The lowest BCUT2D eigenvalue weighted by Crippen LogP contribution is -2.30. The fourth-order valence-electron chi connectivity index (χ4n) is 1.17. The Hall–Kier alpha value is -1.66. The fourth-order valence-corrected chi connectivity index (χ4v) is 1.17. The van der Waals surface area contributed by atoms with Gasteiger partial charge in [0.1, 0.15) is 0 Å². The molecule has 0 atom stereocenters. The Morgan fingerprint density at radius 3 is 2.94 bits per heavy atom. The third-order valence-corrected chi connectivity index (χ3v) is 2.00. The Morgan fingerprint density at radius 1 is 1.53 bits per heavy atom. The molecular formula is C11H15FN2O3. The van der Waals surface area contributed by atoms with Crippen LogP contribution in [0.3, 0.4) is 0 Å². The van der Waals surface area contributed by atoms with E-state index in [9.17, 15) is 9.18 Å². The van der Waals surface area contributed by atoms with Gasteiger partial charge in [0.05, 0.1) is 13.2 Å². The molecule has 0 aliphatic heterocycles. The molecule has 0 fully saturated rings. The van der Waals surface area contributed by atoms with Gasteiger partial charge in [0, 0.05) is 25.4 Å². The molecule has 1 aromatic rings. The maximum Gasteiger partial charge on any atom is 0.238 e. The normalized spacial score (nSPS) is 10.2.